The van der Waals surface area contributed by atoms with Crippen molar-refractivity contribution in [2.75, 3.05) is 32.8 Å². The van der Waals surface area contributed by atoms with Crippen LogP contribution in [0.2, 0.25) is 0 Å². The van der Waals surface area contributed by atoms with Crippen molar-refractivity contribution < 1.29 is 18.8 Å². The van der Waals surface area contributed by atoms with Gasteiger partial charge in [-0.15, -0.1) is 0 Å². The zero-order chi connectivity index (χ0) is 19.7. The smallest absolute Gasteiger partial charge is 0.260 e. The number of fused-ring (bicyclic) bond motifs is 1. The minimum Gasteiger partial charge on any atom is -0.483 e. The van der Waals surface area contributed by atoms with Gasteiger partial charge in [0.1, 0.15) is 5.60 Å². The molecule has 1 amide bonds. The minimum absolute atomic E-state index is 0.00465. The van der Waals surface area contributed by atoms with E-state index in [2.05, 4.69) is 23.9 Å². The fraction of sp³-hybridized carbons (Fsp3) is 0.524. The molecular weight excluding hydrogens is 358 g/mol. The number of piperazine rings is 1. The van der Waals surface area contributed by atoms with Gasteiger partial charge in [-0.05, 0) is 26.8 Å². The number of para-hydroxylation sites is 1. The number of hydrogen-bond acceptors (Lipinski definition) is 6. The number of nitrogens with zero attached hydrogens (tertiary/aromatic N) is 3. The molecule has 0 aliphatic carbocycles. The highest BCUT2D eigenvalue weighted by Gasteiger charge is 2.32. The SMILES string of the molecule is Cc1cc(CN2CCN(C(=O)COc3cccc4c3OC(C)(C)C4)CC2)on1. The van der Waals surface area contributed by atoms with E-state index in [1.54, 1.807) is 0 Å². The van der Waals surface area contributed by atoms with Crippen LogP contribution >= 0.6 is 0 Å². The van der Waals surface area contributed by atoms with E-state index in [1.165, 1.54) is 0 Å². The molecule has 2 aliphatic rings. The predicted molar refractivity (Wildman–Crippen MR) is 103 cm³/mol. The molecule has 0 unspecified atom stereocenters. The Morgan fingerprint density at radius 2 is 2.04 bits per heavy atom. The summed E-state index contributed by atoms with van der Waals surface area (Å²) in [5, 5.41) is 3.92. The summed E-state index contributed by atoms with van der Waals surface area (Å²) < 4.78 is 17.1. The summed E-state index contributed by atoms with van der Waals surface area (Å²) in [5.74, 6) is 2.29. The van der Waals surface area contributed by atoms with Crippen molar-refractivity contribution in [2.24, 2.45) is 0 Å². The first-order valence-electron chi connectivity index (χ1n) is 9.76. The van der Waals surface area contributed by atoms with Gasteiger partial charge in [-0.2, -0.15) is 0 Å². The van der Waals surface area contributed by atoms with Crippen molar-refractivity contribution in [3.8, 4) is 11.5 Å². The van der Waals surface area contributed by atoms with Crippen LogP contribution in [0.1, 0.15) is 30.9 Å². The highest BCUT2D eigenvalue weighted by Crippen LogP contribution is 2.41. The number of rotatable bonds is 5. The van der Waals surface area contributed by atoms with Gasteiger partial charge >= 0.3 is 0 Å². The van der Waals surface area contributed by atoms with Gasteiger partial charge in [-0.3, -0.25) is 9.69 Å². The molecule has 3 heterocycles. The molecule has 1 aromatic carbocycles. The van der Waals surface area contributed by atoms with Crippen LogP contribution in [0.3, 0.4) is 0 Å². The summed E-state index contributed by atoms with van der Waals surface area (Å²) in [6, 6.07) is 7.82. The first-order chi connectivity index (χ1) is 13.4. The second kappa shape index (κ2) is 7.47. The van der Waals surface area contributed by atoms with Gasteiger partial charge in [0.15, 0.2) is 23.9 Å². The fourth-order valence-electron chi connectivity index (χ4n) is 3.80. The third-order valence-corrected chi connectivity index (χ3v) is 5.19. The van der Waals surface area contributed by atoms with E-state index in [4.69, 9.17) is 14.0 Å². The lowest BCUT2D eigenvalue weighted by molar-refractivity contribution is -0.135. The van der Waals surface area contributed by atoms with E-state index in [0.717, 1.165) is 48.8 Å². The molecule has 4 rings (SSSR count). The van der Waals surface area contributed by atoms with Crippen molar-refractivity contribution in [1.82, 2.24) is 15.0 Å². The second-order valence-electron chi connectivity index (χ2n) is 8.16. The Kier molecular flexibility index (Phi) is 5.02. The molecule has 0 bridgehead atoms. The third-order valence-electron chi connectivity index (χ3n) is 5.19. The first kappa shape index (κ1) is 18.8. The van der Waals surface area contributed by atoms with E-state index in [0.29, 0.717) is 18.8 Å². The van der Waals surface area contributed by atoms with Gasteiger partial charge < -0.3 is 18.9 Å². The third kappa shape index (κ3) is 4.14. The van der Waals surface area contributed by atoms with Crippen LogP contribution in [-0.4, -0.2) is 59.3 Å². The number of hydrogen-bond donors (Lipinski definition) is 0. The Morgan fingerprint density at radius 1 is 1.25 bits per heavy atom. The molecule has 7 nitrogen and oxygen atoms in total. The van der Waals surface area contributed by atoms with Crippen LogP contribution in [0.25, 0.3) is 0 Å². The monoisotopic (exact) mass is 385 g/mol. The van der Waals surface area contributed by atoms with Crippen LogP contribution < -0.4 is 9.47 Å². The number of benzene rings is 1. The summed E-state index contributed by atoms with van der Waals surface area (Å²) in [6.07, 6.45) is 0.847. The lowest BCUT2D eigenvalue weighted by Gasteiger charge is -2.34. The number of aryl methyl sites for hydroxylation is 1. The highest BCUT2D eigenvalue weighted by atomic mass is 16.5. The van der Waals surface area contributed by atoms with Crippen molar-refractivity contribution >= 4 is 5.91 Å². The topological polar surface area (TPSA) is 68.0 Å². The quantitative estimate of drug-likeness (QED) is 0.787. The van der Waals surface area contributed by atoms with E-state index < -0.39 is 0 Å². The highest BCUT2D eigenvalue weighted by molar-refractivity contribution is 5.78. The lowest BCUT2D eigenvalue weighted by Crippen LogP contribution is -2.49. The summed E-state index contributed by atoms with van der Waals surface area (Å²) >= 11 is 0. The van der Waals surface area contributed by atoms with Crippen LogP contribution in [0.4, 0.5) is 0 Å². The summed E-state index contributed by atoms with van der Waals surface area (Å²) in [6.45, 7) is 9.77. The number of carbonyl (C=O) groups excluding carboxylic acids is 1. The van der Waals surface area contributed by atoms with Crippen molar-refractivity contribution in [2.45, 2.75) is 39.3 Å². The Bertz CT molecular complexity index is 853. The molecular formula is C21H27N3O4. The molecule has 150 valence electrons. The van der Waals surface area contributed by atoms with Crippen LogP contribution in [-0.2, 0) is 17.8 Å². The van der Waals surface area contributed by atoms with E-state index in [-0.39, 0.29) is 18.1 Å². The van der Waals surface area contributed by atoms with Crippen LogP contribution in [0.5, 0.6) is 11.5 Å². The first-order valence-corrected chi connectivity index (χ1v) is 9.76. The molecule has 1 saturated heterocycles. The van der Waals surface area contributed by atoms with Gasteiger partial charge in [0.05, 0.1) is 12.2 Å². The minimum atomic E-state index is -0.232. The maximum atomic E-state index is 12.6. The molecule has 1 aromatic heterocycles. The molecule has 2 aliphatic heterocycles. The Labute approximate surface area is 165 Å². The maximum absolute atomic E-state index is 12.6. The van der Waals surface area contributed by atoms with Crippen LogP contribution in [0, 0.1) is 6.92 Å². The van der Waals surface area contributed by atoms with E-state index >= 15 is 0 Å². The van der Waals surface area contributed by atoms with E-state index in [1.807, 2.05) is 36.1 Å². The predicted octanol–water partition coefficient (Wildman–Crippen LogP) is 2.42. The fourth-order valence-corrected chi connectivity index (χ4v) is 3.80. The standard InChI is InChI=1S/C21H27N3O4/c1-15-11-17(28-22-15)13-23-7-9-24(10-8-23)19(25)14-26-18-6-4-5-16-12-21(2,3)27-20(16)18/h4-6,11H,7-10,12-14H2,1-3H3. The molecule has 0 N–H and O–H groups in total. The summed E-state index contributed by atoms with van der Waals surface area (Å²) in [7, 11) is 0. The average Bonchev–Trinajstić information content (AvgIpc) is 3.21. The average molecular weight is 385 g/mol. The Balaban J connectivity index is 1.27. The zero-order valence-corrected chi connectivity index (χ0v) is 16.7. The number of amides is 1. The summed E-state index contributed by atoms with van der Waals surface area (Å²) in [5.41, 5.74) is 1.79. The molecule has 0 spiro atoms. The molecule has 28 heavy (non-hydrogen) atoms. The Morgan fingerprint density at radius 3 is 2.75 bits per heavy atom. The molecule has 0 atom stereocenters. The molecule has 0 saturated carbocycles. The molecule has 0 radical (unpaired) electrons. The zero-order valence-electron chi connectivity index (χ0n) is 16.7. The van der Waals surface area contributed by atoms with Gasteiger partial charge in [0, 0.05) is 44.2 Å². The van der Waals surface area contributed by atoms with Gasteiger partial charge in [-0.1, -0.05) is 17.3 Å². The van der Waals surface area contributed by atoms with E-state index in [9.17, 15) is 4.79 Å². The normalized spacial score (nSPS) is 18.6. The number of aromatic nitrogens is 1. The lowest BCUT2D eigenvalue weighted by atomic mass is 10.0. The Hall–Kier alpha value is -2.54. The molecule has 2 aromatic rings. The molecule has 7 heteroatoms. The number of carbonyl (C=O) groups is 1. The largest absolute Gasteiger partial charge is 0.483 e. The maximum Gasteiger partial charge on any atom is 0.260 e. The van der Waals surface area contributed by atoms with Gasteiger partial charge in [-0.25, -0.2) is 0 Å². The van der Waals surface area contributed by atoms with Crippen molar-refractivity contribution in [3.63, 3.8) is 0 Å². The van der Waals surface area contributed by atoms with Crippen LogP contribution in [0.15, 0.2) is 28.8 Å². The van der Waals surface area contributed by atoms with Crippen molar-refractivity contribution in [3.05, 3.63) is 41.3 Å². The molecule has 1 fully saturated rings. The summed E-state index contributed by atoms with van der Waals surface area (Å²) in [4.78, 5) is 16.7. The van der Waals surface area contributed by atoms with Crippen molar-refractivity contribution in [1.29, 1.82) is 0 Å². The van der Waals surface area contributed by atoms with Gasteiger partial charge in [0.2, 0.25) is 0 Å². The van der Waals surface area contributed by atoms with Gasteiger partial charge in [0.25, 0.3) is 5.91 Å². The number of ether oxygens (including phenoxy) is 2. The second-order valence-corrected chi connectivity index (χ2v) is 8.16.